The monoisotopic (exact) mass is 327 g/mol. The highest BCUT2D eigenvalue weighted by Crippen LogP contribution is 2.31. The zero-order chi connectivity index (χ0) is 14.0. The minimum atomic E-state index is -0.242. The van der Waals surface area contributed by atoms with E-state index in [0.29, 0.717) is 12.6 Å². The minimum absolute atomic E-state index is 0.141. The van der Waals surface area contributed by atoms with Crippen LogP contribution in [0.3, 0.4) is 0 Å². The number of hydrogen-bond donors (Lipinski definition) is 0. The van der Waals surface area contributed by atoms with Crippen molar-refractivity contribution in [3.05, 3.63) is 35.6 Å². The van der Waals surface area contributed by atoms with Gasteiger partial charge in [0.15, 0.2) is 0 Å². The quantitative estimate of drug-likeness (QED) is 0.754. The molecule has 0 radical (unpaired) electrons. The summed E-state index contributed by atoms with van der Waals surface area (Å²) in [5.41, 5.74) is 0.977. The predicted molar refractivity (Wildman–Crippen MR) is 77.5 cm³/mol. The van der Waals surface area contributed by atoms with Crippen LogP contribution in [0, 0.1) is 11.7 Å². The van der Waals surface area contributed by atoms with E-state index in [2.05, 4.69) is 15.9 Å². The van der Waals surface area contributed by atoms with Crippen LogP contribution in [0.4, 0.5) is 4.39 Å². The number of benzene rings is 1. The number of halogens is 2. The average Bonchev–Trinajstić information content (AvgIpc) is 3.20. The highest BCUT2D eigenvalue weighted by Gasteiger charge is 2.35. The van der Waals surface area contributed by atoms with Gasteiger partial charge in [-0.15, -0.1) is 0 Å². The van der Waals surface area contributed by atoms with E-state index in [9.17, 15) is 9.18 Å². The molecular formula is C15H19BrFNO. The Bertz CT molecular complexity index is 442. The van der Waals surface area contributed by atoms with Gasteiger partial charge in [-0.2, -0.15) is 0 Å². The Balaban J connectivity index is 2.08. The third kappa shape index (κ3) is 3.78. The Morgan fingerprint density at radius 3 is 2.42 bits per heavy atom. The average molecular weight is 328 g/mol. The molecule has 1 unspecified atom stereocenters. The number of alkyl halides is 1. The van der Waals surface area contributed by atoms with E-state index in [4.69, 9.17) is 0 Å². The van der Waals surface area contributed by atoms with Gasteiger partial charge in [0.05, 0.1) is 4.83 Å². The van der Waals surface area contributed by atoms with E-state index < -0.39 is 0 Å². The van der Waals surface area contributed by atoms with Crippen LogP contribution in [-0.4, -0.2) is 21.7 Å². The molecule has 2 nitrogen and oxygen atoms in total. The molecule has 1 atom stereocenters. The lowest BCUT2D eigenvalue weighted by Crippen LogP contribution is -2.39. The molecule has 4 heteroatoms. The third-order valence-electron chi connectivity index (χ3n) is 3.36. The van der Waals surface area contributed by atoms with Gasteiger partial charge in [0.2, 0.25) is 5.91 Å². The Labute approximate surface area is 122 Å². The summed E-state index contributed by atoms with van der Waals surface area (Å²) in [7, 11) is 0. The SMILES string of the molecule is CC(C)C(Br)C(=O)N(Cc1ccc(F)cc1)C1CC1. The van der Waals surface area contributed by atoms with Gasteiger partial charge in [-0.1, -0.05) is 41.9 Å². The first kappa shape index (κ1) is 14.5. The maximum absolute atomic E-state index is 12.9. The fourth-order valence-electron chi connectivity index (χ4n) is 2.00. The summed E-state index contributed by atoms with van der Waals surface area (Å²) >= 11 is 3.48. The van der Waals surface area contributed by atoms with Gasteiger partial charge >= 0.3 is 0 Å². The van der Waals surface area contributed by atoms with Gasteiger partial charge in [-0.25, -0.2) is 4.39 Å². The van der Waals surface area contributed by atoms with Gasteiger partial charge in [0.25, 0.3) is 0 Å². The van der Waals surface area contributed by atoms with Crippen molar-refractivity contribution in [2.75, 3.05) is 0 Å². The first-order valence-corrected chi connectivity index (χ1v) is 7.59. The lowest BCUT2D eigenvalue weighted by molar-refractivity contribution is -0.132. The predicted octanol–water partition coefficient (Wildman–Crippen LogP) is 3.74. The normalized spacial score (nSPS) is 16.5. The van der Waals surface area contributed by atoms with Gasteiger partial charge in [-0.05, 0) is 36.5 Å². The smallest absolute Gasteiger partial charge is 0.237 e. The van der Waals surface area contributed by atoms with Crippen molar-refractivity contribution in [3.63, 3.8) is 0 Å². The third-order valence-corrected chi connectivity index (χ3v) is 4.81. The molecule has 0 N–H and O–H groups in total. The van der Waals surface area contributed by atoms with E-state index in [0.717, 1.165) is 18.4 Å². The molecule has 104 valence electrons. The van der Waals surface area contributed by atoms with Crippen LogP contribution in [0.2, 0.25) is 0 Å². The first-order valence-electron chi connectivity index (χ1n) is 6.68. The minimum Gasteiger partial charge on any atom is -0.334 e. The van der Waals surface area contributed by atoms with Crippen LogP contribution in [0.5, 0.6) is 0 Å². The Kier molecular flexibility index (Phi) is 4.61. The lowest BCUT2D eigenvalue weighted by Gasteiger charge is -2.26. The summed E-state index contributed by atoms with van der Waals surface area (Å²) in [5, 5.41) is 0. The number of rotatable bonds is 5. The summed E-state index contributed by atoms with van der Waals surface area (Å²) in [6, 6.07) is 6.74. The topological polar surface area (TPSA) is 20.3 Å². The van der Waals surface area contributed by atoms with Gasteiger partial charge in [0, 0.05) is 12.6 Å². The van der Waals surface area contributed by atoms with E-state index in [1.165, 1.54) is 12.1 Å². The molecular weight excluding hydrogens is 309 g/mol. The molecule has 1 aromatic rings. The molecule has 1 aliphatic carbocycles. The van der Waals surface area contributed by atoms with E-state index in [-0.39, 0.29) is 22.5 Å². The lowest BCUT2D eigenvalue weighted by atomic mass is 10.1. The van der Waals surface area contributed by atoms with Crippen molar-refractivity contribution in [1.82, 2.24) is 4.90 Å². The number of hydrogen-bond acceptors (Lipinski definition) is 1. The Morgan fingerprint density at radius 2 is 1.95 bits per heavy atom. The zero-order valence-corrected chi connectivity index (χ0v) is 12.9. The molecule has 0 aromatic heterocycles. The highest BCUT2D eigenvalue weighted by atomic mass is 79.9. The van der Waals surface area contributed by atoms with Crippen molar-refractivity contribution in [2.45, 2.75) is 44.1 Å². The highest BCUT2D eigenvalue weighted by molar-refractivity contribution is 9.10. The second kappa shape index (κ2) is 6.04. The van der Waals surface area contributed by atoms with Crippen LogP contribution >= 0.6 is 15.9 Å². The van der Waals surface area contributed by atoms with E-state index in [1.807, 2.05) is 18.7 Å². The molecule has 1 aromatic carbocycles. The summed E-state index contributed by atoms with van der Waals surface area (Å²) in [6.07, 6.45) is 2.15. The van der Waals surface area contributed by atoms with Crippen LogP contribution in [-0.2, 0) is 11.3 Å². The Hall–Kier alpha value is -0.900. The molecule has 0 heterocycles. The fraction of sp³-hybridized carbons (Fsp3) is 0.533. The number of amides is 1. The molecule has 1 aliphatic rings. The molecule has 19 heavy (non-hydrogen) atoms. The summed E-state index contributed by atoms with van der Waals surface area (Å²) in [6.45, 7) is 4.62. The summed E-state index contributed by atoms with van der Waals surface area (Å²) in [4.78, 5) is 14.2. The van der Waals surface area contributed by atoms with Crippen LogP contribution in [0.1, 0.15) is 32.3 Å². The van der Waals surface area contributed by atoms with Gasteiger partial charge < -0.3 is 4.90 Å². The fourth-order valence-corrected chi connectivity index (χ4v) is 2.27. The summed E-state index contributed by atoms with van der Waals surface area (Å²) in [5.74, 6) is 0.164. The van der Waals surface area contributed by atoms with Crippen molar-refractivity contribution < 1.29 is 9.18 Å². The molecule has 0 spiro atoms. The Morgan fingerprint density at radius 1 is 1.37 bits per heavy atom. The maximum Gasteiger partial charge on any atom is 0.237 e. The van der Waals surface area contributed by atoms with Crippen molar-refractivity contribution in [3.8, 4) is 0 Å². The molecule has 0 saturated heterocycles. The van der Waals surface area contributed by atoms with E-state index >= 15 is 0 Å². The second-order valence-corrected chi connectivity index (χ2v) is 6.46. The van der Waals surface area contributed by atoms with Crippen molar-refractivity contribution in [2.24, 2.45) is 5.92 Å². The van der Waals surface area contributed by atoms with Crippen molar-refractivity contribution in [1.29, 1.82) is 0 Å². The van der Waals surface area contributed by atoms with Crippen molar-refractivity contribution >= 4 is 21.8 Å². The molecule has 1 amide bonds. The number of carbonyl (C=O) groups is 1. The molecule has 1 fully saturated rings. The summed E-state index contributed by atoms with van der Waals surface area (Å²) < 4.78 is 12.9. The largest absolute Gasteiger partial charge is 0.334 e. The molecule has 0 bridgehead atoms. The molecule has 2 rings (SSSR count). The van der Waals surface area contributed by atoms with Crippen LogP contribution < -0.4 is 0 Å². The van der Waals surface area contributed by atoms with Gasteiger partial charge in [0.1, 0.15) is 5.82 Å². The molecule has 0 aliphatic heterocycles. The standard InChI is InChI=1S/C15H19BrFNO/c1-10(2)14(16)15(19)18(13-7-8-13)9-11-3-5-12(17)6-4-11/h3-6,10,13-14H,7-9H2,1-2H3. The van der Waals surface area contributed by atoms with Gasteiger partial charge in [-0.3, -0.25) is 4.79 Å². The van der Waals surface area contributed by atoms with Crippen LogP contribution in [0.25, 0.3) is 0 Å². The second-order valence-electron chi connectivity index (χ2n) is 5.47. The molecule has 1 saturated carbocycles. The zero-order valence-electron chi connectivity index (χ0n) is 11.3. The van der Waals surface area contributed by atoms with E-state index in [1.54, 1.807) is 12.1 Å². The first-order chi connectivity index (χ1) is 8.99. The maximum atomic E-state index is 12.9. The van der Waals surface area contributed by atoms with Crippen LogP contribution in [0.15, 0.2) is 24.3 Å². The number of carbonyl (C=O) groups excluding carboxylic acids is 1. The number of nitrogens with zero attached hydrogens (tertiary/aromatic N) is 1.